The van der Waals surface area contributed by atoms with E-state index in [-0.39, 0.29) is 24.0 Å². The second-order valence-electron chi connectivity index (χ2n) is 7.16. The predicted octanol–water partition coefficient (Wildman–Crippen LogP) is 3.96. The number of hydrogen-bond acceptors (Lipinski definition) is 3. The molecule has 1 heterocycles. The second-order valence-corrected chi connectivity index (χ2v) is 8.74. The Morgan fingerprint density at radius 1 is 1.12 bits per heavy atom. The normalized spacial score (nSPS) is 25.6. The molecule has 0 radical (unpaired) electrons. The van der Waals surface area contributed by atoms with Gasteiger partial charge in [-0.25, -0.2) is 0 Å². The third-order valence-electron chi connectivity index (χ3n) is 5.43. The van der Waals surface area contributed by atoms with Crippen LogP contribution >= 0.6 is 35.7 Å². The number of hydrogen-bond donors (Lipinski definition) is 2. The minimum Gasteiger partial charge on any atom is -0.357 e. The van der Waals surface area contributed by atoms with E-state index in [0.29, 0.717) is 6.04 Å². The Kier molecular flexibility index (Phi) is 12.6. The highest BCUT2D eigenvalue weighted by Gasteiger charge is 2.25. The maximum absolute atomic E-state index is 4.86. The summed E-state index contributed by atoms with van der Waals surface area (Å²) in [5, 5.41) is 7.96. The molecule has 2 aliphatic rings. The number of aliphatic imine (C=N–C) groups is 1. The Balaban J connectivity index is 0.00000312. The molecule has 25 heavy (non-hydrogen) atoms. The smallest absolute Gasteiger partial charge is 0.191 e. The molecular formula is C19H39IN4S. The van der Waals surface area contributed by atoms with Gasteiger partial charge in [-0.05, 0) is 76.8 Å². The van der Waals surface area contributed by atoms with Gasteiger partial charge in [0.1, 0.15) is 0 Å². The van der Waals surface area contributed by atoms with Gasteiger partial charge in [-0.15, -0.1) is 24.0 Å². The molecule has 0 aromatic heterocycles. The van der Waals surface area contributed by atoms with E-state index in [4.69, 9.17) is 4.99 Å². The molecule has 1 saturated carbocycles. The van der Waals surface area contributed by atoms with Crippen molar-refractivity contribution in [2.24, 2.45) is 10.9 Å². The molecule has 2 fully saturated rings. The van der Waals surface area contributed by atoms with Crippen LogP contribution in [0.2, 0.25) is 0 Å². The van der Waals surface area contributed by atoms with E-state index in [1.807, 2.05) is 0 Å². The lowest BCUT2D eigenvalue weighted by atomic mass is 9.94. The minimum absolute atomic E-state index is 0. The third-order valence-corrected chi connectivity index (χ3v) is 6.67. The van der Waals surface area contributed by atoms with E-state index in [1.54, 1.807) is 0 Å². The first-order valence-corrected chi connectivity index (χ1v) is 11.2. The van der Waals surface area contributed by atoms with E-state index < -0.39 is 0 Å². The zero-order valence-electron chi connectivity index (χ0n) is 16.4. The summed E-state index contributed by atoms with van der Waals surface area (Å²) in [5.74, 6) is 3.15. The van der Waals surface area contributed by atoms with Gasteiger partial charge in [0.2, 0.25) is 0 Å². The summed E-state index contributed by atoms with van der Waals surface area (Å²) in [6.07, 6.45) is 7.88. The van der Waals surface area contributed by atoms with E-state index in [2.05, 4.69) is 48.1 Å². The average molecular weight is 483 g/mol. The Labute approximate surface area is 176 Å². The van der Waals surface area contributed by atoms with E-state index in [9.17, 15) is 0 Å². The van der Waals surface area contributed by atoms with Crippen molar-refractivity contribution in [3.8, 4) is 0 Å². The van der Waals surface area contributed by atoms with Gasteiger partial charge in [0.15, 0.2) is 5.96 Å². The Bertz CT molecular complexity index is 372. The summed E-state index contributed by atoms with van der Waals surface area (Å²) in [4.78, 5) is 7.42. The van der Waals surface area contributed by atoms with Crippen LogP contribution in [0.25, 0.3) is 0 Å². The molecule has 0 bridgehead atoms. The van der Waals surface area contributed by atoms with Crippen molar-refractivity contribution < 1.29 is 0 Å². The van der Waals surface area contributed by atoms with Gasteiger partial charge in [0.25, 0.3) is 0 Å². The van der Waals surface area contributed by atoms with Gasteiger partial charge in [0.05, 0.1) is 0 Å². The molecule has 0 amide bonds. The largest absolute Gasteiger partial charge is 0.357 e. The number of rotatable bonds is 8. The van der Waals surface area contributed by atoms with Gasteiger partial charge in [-0.2, -0.15) is 11.8 Å². The van der Waals surface area contributed by atoms with Gasteiger partial charge < -0.3 is 15.5 Å². The molecule has 2 atom stereocenters. The van der Waals surface area contributed by atoms with Crippen molar-refractivity contribution >= 4 is 41.7 Å². The maximum Gasteiger partial charge on any atom is 0.191 e. The molecule has 0 aromatic rings. The molecule has 0 aromatic carbocycles. The minimum atomic E-state index is 0. The molecule has 6 heteroatoms. The number of nitrogens with zero attached hydrogens (tertiary/aromatic N) is 2. The van der Waals surface area contributed by atoms with Gasteiger partial charge in [-0.1, -0.05) is 13.8 Å². The summed E-state index contributed by atoms with van der Waals surface area (Å²) < 4.78 is 0. The second kappa shape index (κ2) is 13.5. The first kappa shape index (κ1) is 23.3. The highest BCUT2D eigenvalue weighted by atomic mass is 127. The van der Waals surface area contributed by atoms with E-state index in [0.717, 1.165) is 30.2 Å². The molecule has 0 spiro atoms. The quantitative estimate of drug-likeness (QED) is 0.312. The summed E-state index contributed by atoms with van der Waals surface area (Å²) in [7, 11) is 0. The summed E-state index contributed by atoms with van der Waals surface area (Å²) in [6, 6.07) is 0.611. The van der Waals surface area contributed by atoms with E-state index in [1.165, 1.54) is 63.9 Å². The van der Waals surface area contributed by atoms with Crippen LogP contribution in [0.5, 0.6) is 0 Å². The maximum atomic E-state index is 4.86. The van der Waals surface area contributed by atoms with Crippen LogP contribution in [0.15, 0.2) is 4.99 Å². The van der Waals surface area contributed by atoms with E-state index >= 15 is 0 Å². The SMILES string of the molecule is CCNC(=NCCC1CCN(CC)CC1)NC1CCC(SCC)C1.I. The monoisotopic (exact) mass is 482 g/mol. The first-order valence-electron chi connectivity index (χ1n) is 10.1. The van der Waals surface area contributed by atoms with Gasteiger partial charge in [-0.3, -0.25) is 4.99 Å². The molecule has 2 rings (SSSR count). The van der Waals surface area contributed by atoms with Crippen molar-refractivity contribution in [2.75, 3.05) is 38.5 Å². The summed E-state index contributed by atoms with van der Waals surface area (Å²) >= 11 is 2.12. The highest BCUT2D eigenvalue weighted by molar-refractivity contribution is 14.0. The lowest BCUT2D eigenvalue weighted by Gasteiger charge is -2.30. The lowest BCUT2D eigenvalue weighted by molar-refractivity contribution is 0.188. The van der Waals surface area contributed by atoms with Gasteiger partial charge in [0, 0.05) is 24.4 Å². The third kappa shape index (κ3) is 8.69. The standard InChI is InChI=1S/C19H38N4S.HI/c1-4-20-19(22-17-7-8-18(15-17)24-6-3)21-12-9-16-10-13-23(5-2)14-11-16;/h16-18H,4-15H2,1-3H3,(H2,20,21,22);1H. The van der Waals surface area contributed by atoms with Crippen LogP contribution in [0.3, 0.4) is 0 Å². The summed E-state index contributed by atoms with van der Waals surface area (Å²) in [5.41, 5.74) is 0. The number of likely N-dealkylation sites (tertiary alicyclic amines) is 1. The van der Waals surface area contributed by atoms with Crippen LogP contribution in [-0.4, -0.2) is 60.6 Å². The molecule has 1 saturated heterocycles. The molecule has 2 unspecified atom stereocenters. The first-order chi connectivity index (χ1) is 11.7. The summed E-state index contributed by atoms with van der Waals surface area (Å²) in [6.45, 7) is 12.4. The number of thioether (sulfide) groups is 1. The average Bonchev–Trinajstić information content (AvgIpc) is 3.03. The fourth-order valence-electron chi connectivity index (χ4n) is 3.92. The molecular weight excluding hydrogens is 443 g/mol. The number of halogens is 1. The van der Waals surface area contributed by atoms with Crippen LogP contribution in [0.4, 0.5) is 0 Å². The molecule has 2 N–H and O–H groups in total. The number of piperidine rings is 1. The van der Waals surface area contributed by atoms with Gasteiger partial charge >= 0.3 is 0 Å². The predicted molar refractivity (Wildman–Crippen MR) is 124 cm³/mol. The van der Waals surface area contributed by atoms with Crippen LogP contribution in [-0.2, 0) is 0 Å². The lowest BCUT2D eigenvalue weighted by Crippen LogP contribution is -2.42. The Morgan fingerprint density at radius 2 is 1.88 bits per heavy atom. The van der Waals surface area contributed by atoms with Crippen molar-refractivity contribution in [1.82, 2.24) is 15.5 Å². The molecule has 1 aliphatic heterocycles. The Morgan fingerprint density at radius 3 is 2.52 bits per heavy atom. The zero-order chi connectivity index (χ0) is 17.2. The topological polar surface area (TPSA) is 39.7 Å². The fraction of sp³-hybridized carbons (Fsp3) is 0.947. The van der Waals surface area contributed by atoms with Crippen LogP contribution in [0.1, 0.15) is 59.3 Å². The van der Waals surface area contributed by atoms with Crippen molar-refractivity contribution in [1.29, 1.82) is 0 Å². The molecule has 4 nitrogen and oxygen atoms in total. The van der Waals surface area contributed by atoms with Crippen molar-refractivity contribution in [3.63, 3.8) is 0 Å². The fourth-order valence-corrected chi connectivity index (χ4v) is 5.06. The molecule has 1 aliphatic carbocycles. The number of guanidine groups is 1. The Hall–Kier alpha value is 0.310. The van der Waals surface area contributed by atoms with Crippen molar-refractivity contribution in [2.45, 2.75) is 70.6 Å². The highest BCUT2D eigenvalue weighted by Crippen LogP contribution is 2.29. The van der Waals surface area contributed by atoms with Crippen LogP contribution < -0.4 is 10.6 Å². The van der Waals surface area contributed by atoms with Crippen LogP contribution in [0, 0.1) is 5.92 Å². The van der Waals surface area contributed by atoms with Crippen molar-refractivity contribution in [3.05, 3.63) is 0 Å². The zero-order valence-corrected chi connectivity index (χ0v) is 19.6. The molecule has 148 valence electrons. The number of nitrogens with one attached hydrogen (secondary N) is 2.